The van der Waals surface area contributed by atoms with Gasteiger partial charge in [0, 0.05) is 51.1 Å². The molecule has 4 fully saturated rings. The van der Waals surface area contributed by atoms with E-state index in [1.54, 1.807) is 0 Å². The van der Waals surface area contributed by atoms with Crippen molar-refractivity contribution in [2.75, 3.05) is 52.6 Å². The van der Waals surface area contributed by atoms with Crippen molar-refractivity contribution in [3.8, 4) is 0 Å². The Labute approximate surface area is 124 Å². The van der Waals surface area contributed by atoms with Gasteiger partial charge < -0.3 is 9.47 Å². The second kappa shape index (κ2) is 5.12. The number of Topliss-reactive ketones (excluding diaryl/α,β-unsaturated/α-hetero) is 2. The third kappa shape index (κ3) is 1.86. The Kier molecular flexibility index (Phi) is 3.37. The van der Waals surface area contributed by atoms with E-state index in [2.05, 4.69) is 9.80 Å². The molecule has 0 bridgehead atoms. The summed E-state index contributed by atoms with van der Waals surface area (Å²) in [7, 11) is 0. The van der Waals surface area contributed by atoms with E-state index in [-0.39, 0.29) is 23.7 Å². The monoisotopic (exact) mass is 294 g/mol. The van der Waals surface area contributed by atoms with Gasteiger partial charge in [0.1, 0.15) is 5.41 Å². The van der Waals surface area contributed by atoms with E-state index in [9.17, 15) is 9.59 Å². The summed E-state index contributed by atoms with van der Waals surface area (Å²) in [6, 6.07) is 0.200. The Balaban J connectivity index is 1.56. The molecular formula is C15H22N2O4. The number of morpholine rings is 2. The van der Waals surface area contributed by atoms with Gasteiger partial charge in [0.25, 0.3) is 0 Å². The van der Waals surface area contributed by atoms with Crippen molar-refractivity contribution >= 4 is 11.6 Å². The van der Waals surface area contributed by atoms with Crippen molar-refractivity contribution in [3.63, 3.8) is 0 Å². The van der Waals surface area contributed by atoms with Crippen molar-refractivity contribution < 1.29 is 19.1 Å². The van der Waals surface area contributed by atoms with E-state index in [0.717, 1.165) is 26.2 Å². The molecule has 2 aliphatic carbocycles. The summed E-state index contributed by atoms with van der Waals surface area (Å²) in [6.45, 7) is 6.17. The molecule has 6 heteroatoms. The number of hydrogen-bond donors (Lipinski definition) is 0. The Hall–Kier alpha value is -0.820. The molecule has 2 saturated carbocycles. The summed E-state index contributed by atoms with van der Waals surface area (Å²) in [5.74, 6) is 0.318. The molecule has 0 radical (unpaired) electrons. The van der Waals surface area contributed by atoms with E-state index < -0.39 is 5.41 Å². The first-order chi connectivity index (χ1) is 10.2. The van der Waals surface area contributed by atoms with Crippen LogP contribution < -0.4 is 0 Å². The zero-order chi connectivity index (χ0) is 14.4. The largest absolute Gasteiger partial charge is 0.379 e. The van der Waals surface area contributed by atoms with Gasteiger partial charge in [-0.25, -0.2) is 0 Å². The van der Waals surface area contributed by atoms with Gasteiger partial charge in [-0.05, 0) is 0 Å². The van der Waals surface area contributed by atoms with Crippen molar-refractivity contribution in [1.29, 1.82) is 0 Å². The third-order valence-electron chi connectivity index (χ3n) is 5.70. The van der Waals surface area contributed by atoms with Crippen LogP contribution in [-0.4, -0.2) is 86.1 Å². The van der Waals surface area contributed by atoms with Gasteiger partial charge in [-0.15, -0.1) is 0 Å². The van der Waals surface area contributed by atoms with Crippen molar-refractivity contribution in [3.05, 3.63) is 0 Å². The van der Waals surface area contributed by atoms with Crippen LogP contribution in [0.2, 0.25) is 0 Å². The van der Waals surface area contributed by atoms with Crippen LogP contribution in [0.1, 0.15) is 12.8 Å². The third-order valence-corrected chi connectivity index (χ3v) is 5.70. The molecule has 6 nitrogen and oxygen atoms in total. The lowest BCUT2D eigenvalue weighted by molar-refractivity contribution is -0.189. The van der Waals surface area contributed by atoms with E-state index in [1.807, 2.05) is 0 Å². The summed E-state index contributed by atoms with van der Waals surface area (Å²) < 4.78 is 10.8. The summed E-state index contributed by atoms with van der Waals surface area (Å²) in [5, 5.41) is 0. The fourth-order valence-electron chi connectivity index (χ4n) is 4.48. The smallest absolute Gasteiger partial charge is 0.151 e. The van der Waals surface area contributed by atoms with Crippen LogP contribution in [-0.2, 0) is 19.1 Å². The number of rotatable bonds is 2. The highest BCUT2D eigenvalue weighted by Crippen LogP contribution is 2.54. The van der Waals surface area contributed by atoms with Gasteiger partial charge in [0.05, 0.1) is 26.4 Å². The molecule has 2 heterocycles. The van der Waals surface area contributed by atoms with Crippen LogP contribution in [0.15, 0.2) is 0 Å². The number of hydrogen-bond acceptors (Lipinski definition) is 6. The number of carbonyl (C=O) groups excluding carboxylic acids is 2. The molecule has 0 aromatic rings. The quantitative estimate of drug-likeness (QED) is 0.629. The molecule has 21 heavy (non-hydrogen) atoms. The molecule has 116 valence electrons. The van der Waals surface area contributed by atoms with Crippen LogP contribution in [0, 0.1) is 5.41 Å². The number of ether oxygens (including phenoxy) is 2. The molecule has 2 saturated heterocycles. The maximum atomic E-state index is 12.4. The Morgan fingerprint density at radius 1 is 0.762 bits per heavy atom. The minimum absolute atomic E-state index is 0.1000. The second-order valence-electron chi connectivity index (χ2n) is 6.45. The zero-order valence-electron chi connectivity index (χ0n) is 12.3. The Bertz CT molecular complexity index is 413. The number of nitrogens with zero attached hydrogens (tertiary/aromatic N) is 2. The lowest BCUT2D eigenvalue weighted by Crippen LogP contribution is -2.80. The fourth-order valence-corrected chi connectivity index (χ4v) is 4.48. The van der Waals surface area contributed by atoms with Gasteiger partial charge in [-0.1, -0.05) is 0 Å². The first-order valence-corrected chi connectivity index (χ1v) is 7.95. The molecule has 0 aromatic heterocycles. The number of carbonyl (C=O) groups is 2. The molecule has 2 aliphatic heterocycles. The second-order valence-corrected chi connectivity index (χ2v) is 6.45. The standard InChI is InChI=1S/C15H22N2O4/c18-13-9-11(16-1-5-20-6-2-16)15(13)12(10-14(15)19)17-3-7-21-8-4-17/h11-12H,1-10H2. The maximum Gasteiger partial charge on any atom is 0.151 e. The van der Waals surface area contributed by atoms with Gasteiger partial charge >= 0.3 is 0 Å². The van der Waals surface area contributed by atoms with E-state index in [0.29, 0.717) is 39.3 Å². The predicted molar refractivity (Wildman–Crippen MR) is 74.0 cm³/mol. The predicted octanol–water partition coefficient (Wildman–Crippen LogP) is -0.680. The molecule has 4 rings (SSSR count). The molecule has 2 atom stereocenters. The van der Waals surface area contributed by atoms with Crippen LogP contribution >= 0.6 is 0 Å². The van der Waals surface area contributed by atoms with Crippen molar-refractivity contribution in [2.45, 2.75) is 24.9 Å². The van der Waals surface area contributed by atoms with Crippen LogP contribution in [0.5, 0.6) is 0 Å². The topological polar surface area (TPSA) is 59.1 Å². The molecule has 4 aliphatic rings. The van der Waals surface area contributed by atoms with Crippen molar-refractivity contribution in [1.82, 2.24) is 9.80 Å². The summed E-state index contributed by atoms with van der Waals surface area (Å²) >= 11 is 0. The molecule has 1 spiro atoms. The first-order valence-electron chi connectivity index (χ1n) is 7.95. The highest BCUT2D eigenvalue weighted by molar-refractivity contribution is 6.18. The zero-order valence-corrected chi connectivity index (χ0v) is 12.3. The molecular weight excluding hydrogens is 272 g/mol. The normalized spacial score (nSPS) is 41.9. The summed E-state index contributed by atoms with van der Waals surface area (Å²) in [4.78, 5) is 29.4. The highest BCUT2D eigenvalue weighted by Gasteiger charge is 2.72. The fraction of sp³-hybridized carbons (Fsp3) is 0.867. The summed E-state index contributed by atoms with van der Waals surface area (Å²) in [6.07, 6.45) is 1.07. The average molecular weight is 294 g/mol. The molecule has 0 amide bonds. The Morgan fingerprint density at radius 3 is 1.48 bits per heavy atom. The lowest BCUT2D eigenvalue weighted by Gasteiger charge is -2.63. The van der Waals surface area contributed by atoms with Crippen LogP contribution in [0.3, 0.4) is 0 Å². The van der Waals surface area contributed by atoms with E-state index in [1.165, 1.54) is 0 Å². The van der Waals surface area contributed by atoms with E-state index in [4.69, 9.17) is 9.47 Å². The SMILES string of the molecule is O=C1CC(N2CCOCC2)C12C(=O)CC2N1CCOCC1. The average Bonchev–Trinajstić information content (AvgIpc) is 2.51. The number of ketones is 2. The van der Waals surface area contributed by atoms with E-state index >= 15 is 0 Å². The molecule has 0 N–H and O–H groups in total. The molecule has 2 unspecified atom stereocenters. The van der Waals surface area contributed by atoms with Gasteiger partial charge in [-0.2, -0.15) is 0 Å². The minimum atomic E-state index is -0.727. The summed E-state index contributed by atoms with van der Waals surface area (Å²) in [5.41, 5.74) is -0.727. The van der Waals surface area contributed by atoms with Crippen LogP contribution in [0.4, 0.5) is 0 Å². The van der Waals surface area contributed by atoms with Gasteiger partial charge in [0.15, 0.2) is 11.6 Å². The Morgan fingerprint density at radius 2 is 1.14 bits per heavy atom. The van der Waals surface area contributed by atoms with Gasteiger partial charge in [0.2, 0.25) is 0 Å². The van der Waals surface area contributed by atoms with Crippen LogP contribution in [0.25, 0.3) is 0 Å². The highest BCUT2D eigenvalue weighted by atomic mass is 16.5. The maximum absolute atomic E-state index is 12.4. The van der Waals surface area contributed by atoms with Gasteiger partial charge in [-0.3, -0.25) is 19.4 Å². The first kappa shape index (κ1) is 13.8. The van der Waals surface area contributed by atoms with Crippen molar-refractivity contribution in [2.24, 2.45) is 5.41 Å². The molecule has 0 aromatic carbocycles. The lowest BCUT2D eigenvalue weighted by atomic mass is 9.47. The minimum Gasteiger partial charge on any atom is -0.379 e.